The number of benzene rings is 2. The summed E-state index contributed by atoms with van der Waals surface area (Å²) in [5, 5.41) is 8.95. The molecule has 0 aliphatic heterocycles. The summed E-state index contributed by atoms with van der Waals surface area (Å²) in [4.78, 5) is 17.5. The van der Waals surface area contributed by atoms with E-state index in [1.165, 1.54) is 30.3 Å². The zero-order valence-corrected chi connectivity index (χ0v) is 13.0. The highest BCUT2D eigenvalue weighted by Crippen LogP contribution is 2.16. The van der Waals surface area contributed by atoms with Crippen LogP contribution < -0.4 is 4.72 Å². The molecule has 7 nitrogen and oxygen atoms in total. The lowest BCUT2D eigenvalue weighted by atomic mass is 10.2. The van der Waals surface area contributed by atoms with Gasteiger partial charge in [0.15, 0.2) is 0 Å². The Bertz CT molecular complexity index is 1030. The van der Waals surface area contributed by atoms with Crippen LogP contribution in [0.25, 0.3) is 11.0 Å². The van der Waals surface area contributed by atoms with Crippen molar-refractivity contribution in [1.29, 1.82) is 0 Å². The molecule has 1 heterocycles. The van der Waals surface area contributed by atoms with Crippen LogP contribution >= 0.6 is 0 Å². The van der Waals surface area contributed by atoms with Gasteiger partial charge in [0, 0.05) is 0 Å². The summed E-state index contributed by atoms with van der Waals surface area (Å²) in [6, 6.07) is 9.36. The second-order valence-electron chi connectivity index (χ2n) is 4.98. The third-order valence-electron chi connectivity index (χ3n) is 3.33. The van der Waals surface area contributed by atoms with Crippen molar-refractivity contribution in [3.8, 4) is 0 Å². The number of aromatic nitrogens is 2. The van der Waals surface area contributed by atoms with Crippen LogP contribution in [0.3, 0.4) is 0 Å². The van der Waals surface area contributed by atoms with Crippen LogP contribution in [0.4, 0.5) is 4.39 Å². The van der Waals surface area contributed by atoms with E-state index in [4.69, 9.17) is 5.11 Å². The molecule has 0 saturated heterocycles. The SMILES string of the molecule is O=C(O)c1ccc2nc(CNS(=O)(=O)c3ccccc3F)[nH]c2c1. The number of H-pyrrole nitrogens is 1. The Morgan fingerprint density at radius 2 is 2.00 bits per heavy atom. The first kappa shape index (κ1) is 16.1. The predicted octanol–water partition coefficient (Wildman–Crippen LogP) is 1.88. The minimum atomic E-state index is -4.03. The lowest BCUT2D eigenvalue weighted by molar-refractivity contribution is 0.0697. The number of aromatic amines is 1. The summed E-state index contributed by atoms with van der Waals surface area (Å²) in [6.07, 6.45) is 0. The molecule has 0 saturated carbocycles. The van der Waals surface area contributed by atoms with E-state index in [0.29, 0.717) is 11.0 Å². The summed E-state index contributed by atoms with van der Waals surface area (Å²) in [5.74, 6) is -1.64. The van der Waals surface area contributed by atoms with Crippen molar-refractivity contribution >= 4 is 27.0 Å². The molecule has 0 aliphatic carbocycles. The van der Waals surface area contributed by atoms with Crippen LogP contribution in [0.2, 0.25) is 0 Å². The maximum atomic E-state index is 13.6. The van der Waals surface area contributed by atoms with Gasteiger partial charge in [-0.25, -0.2) is 27.3 Å². The number of halogens is 1. The summed E-state index contributed by atoms with van der Waals surface area (Å²) in [5.41, 5.74) is 1.06. The molecule has 24 heavy (non-hydrogen) atoms. The van der Waals surface area contributed by atoms with Crippen LogP contribution in [-0.4, -0.2) is 29.5 Å². The van der Waals surface area contributed by atoms with Crippen molar-refractivity contribution in [3.05, 3.63) is 59.7 Å². The minimum absolute atomic E-state index is 0.0876. The van der Waals surface area contributed by atoms with Crippen LogP contribution in [0, 0.1) is 5.82 Å². The van der Waals surface area contributed by atoms with Crippen molar-refractivity contribution in [2.24, 2.45) is 0 Å². The van der Waals surface area contributed by atoms with E-state index in [2.05, 4.69) is 14.7 Å². The van der Waals surface area contributed by atoms with Crippen LogP contribution in [0.1, 0.15) is 16.2 Å². The molecule has 3 rings (SSSR count). The normalized spacial score (nSPS) is 11.7. The fraction of sp³-hybridized carbons (Fsp3) is 0.0667. The van der Waals surface area contributed by atoms with Gasteiger partial charge in [0.2, 0.25) is 10.0 Å². The Kier molecular flexibility index (Phi) is 4.04. The van der Waals surface area contributed by atoms with Crippen molar-refractivity contribution in [2.45, 2.75) is 11.4 Å². The summed E-state index contributed by atoms with van der Waals surface area (Å²) in [7, 11) is -4.03. The molecule has 3 aromatic rings. The molecule has 9 heteroatoms. The molecule has 124 valence electrons. The molecule has 0 bridgehead atoms. The summed E-state index contributed by atoms with van der Waals surface area (Å²) < 4.78 is 40.1. The molecule has 0 aliphatic rings. The van der Waals surface area contributed by atoms with Crippen molar-refractivity contribution in [2.75, 3.05) is 0 Å². The monoisotopic (exact) mass is 349 g/mol. The number of carboxylic acid groups (broad SMARTS) is 1. The average Bonchev–Trinajstić information content (AvgIpc) is 2.95. The van der Waals surface area contributed by atoms with Gasteiger partial charge < -0.3 is 10.1 Å². The first-order valence-corrected chi connectivity index (χ1v) is 8.31. The van der Waals surface area contributed by atoms with Crippen molar-refractivity contribution in [3.63, 3.8) is 0 Å². The zero-order valence-electron chi connectivity index (χ0n) is 12.2. The molecule has 0 amide bonds. The molecule has 0 radical (unpaired) electrons. The standard InChI is InChI=1S/C15H12FN3O4S/c16-10-3-1-2-4-13(10)24(22,23)17-8-14-18-11-6-5-9(15(20)21)7-12(11)19-14/h1-7,17H,8H2,(H,18,19)(H,20,21). The van der Waals surface area contributed by atoms with Crippen LogP contribution in [-0.2, 0) is 16.6 Å². The molecule has 0 fully saturated rings. The highest BCUT2D eigenvalue weighted by atomic mass is 32.2. The number of nitrogens with zero attached hydrogens (tertiary/aromatic N) is 1. The number of nitrogens with one attached hydrogen (secondary N) is 2. The molecule has 3 N–H and O–H groups in total. The number of sulfonamides is 1. The first-order valence-electron chi connectivity index (χ1n) is 6.83. The van der Waals surface area contributed by atoms with Crippen molar-refractivity contribution < 1.29 is 22.7 Å². The van der Waals surface area contributed by atoms with Gasteiger partial charge in [-0.3, -0.25) is 0 Å². The maximum absolute atomic E-state index is 13.6. The Labute approximate surface area is 136 Å². The number of imidazole rings is 1. The molecular weight excluding hydrogens is 337 g/mol. The summed E-state index contributed by atoms with van der Waals surface area (Å²) in [6.45, 7) is -0.187. The lowest BCUT2D eigenvalue weighted by Gasteiger charge is -2.05. The molecule has 1 aromatic heterocycles. The van der Waals surface area contributed by atoms with Crippen LogP contribution in [0.5, 0.6) is 0 Å². The van der Waals surface area contributed by atoms with Gasteiger partial charge >= 0.3 is 5.97 Å². The number of hydrogen-bond donors (Lipinski definition) is 3. The quantitative estimate of drug-likeness (QED) is 0.651. The van der Waals surface area contributed by atoms with Crippen molar-refractivity contribution in [1.82, 2.24) is 14.7 Å². The second-order valence-corrected chi connectivity index (χ2v) is 6.71. The number of fused-ring (bicyclic) bond motifs is 1. The molecule has 2 aromatic carbocycles. The molecule has 0 spiro atoms. The lowest BCUT2D eigenvalue weighted by Crippen LogP contribution is -2.24. The third-order valence-corrected chi connectivity index (χ3v) is 4.77. The Morgan fingerprint density at radius 1 is 1.25 bits per heavy atom. The largest absolute Gasteiger partial charge is 0.478 e. The van der Waals surface area contributed by atoms with Gasteiger partial charge in [0.1, 0.15) is 16.5 Å². The average molecular weight is 349 g/mol. The predicted molar refractivity (Wildman–Crippen MR) is 83.5 cm³/mol. The number of hydrogen-bond acceptors (Lipinski definition) is 4. The highest BCUT2D eigenvalue weighted by molar-refractivity contribution is 7.89. The Hall–Kier alpha value is -2.78. The smallest absolute Gasteiger partial charge is 0.335 e. The van der Waals surface area contributed by atoms with E-state index in [-0.39, 0.29) is 17.9 Å². The van der Waals surface area contributed by atoms with E-state index in [1.807, 2.05) is 0 Å². The van der Waals surface area contributed by atoms with Crippen LogP contribution in [0.15, 0.2) is 47.4 Å². The molecular formula is C15H12FN3O4S. The zero-order chi connectivity index (χ0) is 17.3. The first-order chi connectivity index (χ1) is 11.4. The number of rotatable bonds is 5. The number of carbonyl (C=O) groups is 1. The fourth-order valence-corrected chi connectivity index (χ4v) is 3.25. The van der Waals surface area contributed by atoms with E-state index in [1.54, 1.807) is 0 Å². The van der Waals surface area contributed by atoms with Gasteiger partial charge in [-0.1, -0.05) is 12.1 Å². The van der Waals surface area contributed by atoms with E-state index in [0.717, 1.165) is 12.1 Å². The summed E-state index contributed by atoms with van der Waals surface area (Å²) >= 11 is 0. The van der Waals surface area contributed by atoms with Gasteiger partial charge in [-0.2, -0.15) is 0 Å². The molecule has 0 atom stereocenters. The fourth-order valence-electron chi connectivity index (χ4n) is 2.18. The number of carboxylic acids is 1. The van der Waals surface area contributed by atoms with E-state index < -0.39 is 26.7 Å². The molecule has 0 unspecified atom stereocenters. The Balaban J connectivity index is 1.83. The Morgan fingerprint density at radius 3 is 2.71 bits per heavy atom. The maximum Gasteiger partial charge on any atom is 0.335 e. The van der Waals surface area contributed by atoms with Gasteiger partial charge in [-0.15, -0.1) is 0 Å². The highest BCUT2D eigenvalue weighted by Gasteiger charge is 2.18. The number of aromatic carboxylic acids is 1. The topological polar surface area (TPSA) is 112 Å². The van der Waals surface area contributed by atoms with E-state index in [9.17, 15) is 17.6 Å². The van der Waals surface area contributed by atoms with Gasteiger partial charge in [0.25, 0.3) is 0 Å². The van der Waals surface area contributed by atoms with Gasteiger partial charge in [0.05, 0.1) is 23.1 Å². The van der Waals surface area contributed by atoms with E-state index >= 15 is 0 Å². The van der Waals surface area contributed by atoms with Gasteiger partial charge in [-0.05, 0) is 30.3 Å². The third kappa shape index (κ3) is 3.12. The second kappa shape index (κ2) is 6.02. The minimum Gasteiger partial charge on any atom is -0.478 e.